The molecule has 2 atom stereocenters. The van der Waals surface area contributed by atoms with Gasteiger partial charge in [-0.3, -0.25) is 4.79 Å². The highest BCUT2D eigenvalue weighted by Crippen LogP contribution is 2.39. The minimum atomic E-state index is -1.11. The predicted molar refractivity (Wildman–Crippen MR) is 84.5 cm³/mol. The first kappa shape index (κ1) is 14.8. The van der Waals surface area contributed by atoms with E-state index in [1.165, 1.54) is 0 Å². The maximum atomic E-state index is 12.8. The van der Waals surface area contributed by atoms with Crippen molar-refractivity contribution in [3.05, 3.63) is 78.4 Å². The second kappa shape index (κ2) is 5.91. The quantitative estimate of drug-likeness (QED) is 0.697. The molecule has 0 amide bonds. The summed E-state index contributed by atoms with van der Waals surface area (Å²) in [7, 11) is 0. The Bertz CT molecular complexity index is 736. The van der Waals surface area contributed by atoms with Gasteiger partial charge >= 0.3 is 0 Å². The van der Waals surface area contributed by atoms with Crippen LogP contribution >= 0.6 is 11.6 Å². The van der Waals surface area contributed by atoms with Crippen LogP contribution in [-0.2, 0) is 11.6 Å². The van der Waals surface area contributed by atoms with Gasteiger partial charge in [-0.25, -0.2) is 4.98 Å². The summed E-state index contributed by atoms with van der Waals surface area (Å²) in [6, 6.07) is 9.05. The average molecular weight is 315 g/mol. The zero-order chi connectivity index (χ0) is 15.6. The Morgan fingerprint density at radius 3 is 2.82 bits per heavy atom. The summed E-state index contributed by atoms with van der Waals surface area (Å²) in [6.07, 6.45) is 10.4. The SMILES string of the molecule is O=C(c1ccccc1)C1C=CC=CC1(Cl)n1ccnc1CO. The van der Waals surface area contributed by atoms with Gasteiger partial charge in [0.2, 0.25) is 0 Å². The lowest BCUT2D eigenvalue weighted by atomic mass is 9.86. The van der Waals surface area contributed by atoms with Crippen molar-refractivity contribution in [2.75, 3.05) is 0 Å². The predicted octanol–water partition coefficient (Wildman–Crippen LogP) is 2.89. The summed E-state index contributed by atoms with van der Waals surface area (Å²) in [4.78, 5) is 15.8. The number of alkyl halides is 1. The molecule has 3 rings (SSSR count). The summed E-state index contributed by atoms with van der Waals surface area (Å²) < 4.78 is 1.64. The second-order valence-electron chi connectivity index (χ2n) is 5.05. The van der Waals surface area contributed by atoms with Crippen LogP contribution in [0.3, 0.4) is 0 Å². The first-order chi connectivity index (χ1) is 10.7. The number of nitrogens with zero attached hydrogens (tertiary/aromatic N) is 2. The first-order valence-electron chi connectivity index (χ1n) is 6.94. The van der Waals surface area contributed by atoms with Crippen molar-refractivity contribution in [1.29, 1.82) is 0 Å². The number of aliphatic hydroxyl groups is 1. The van der Waals surface area contributed by atoms with Crippen molar-refractivity contribution in [2.24, 2.45) is 5.92 Å². The number of aromatic nitrogens is 2. The van der Waals surface area contributed by atoms with Crippen molar-refractivity contribution in [3.63, 3.8) is 0 Å². The molecule has 2 aromatic rings. The fourth-order valence-electron chi connectivity index (χ4n) is 2.65. The van der Waals surface area contributed by atoms with E-state index in [1.807, 2.05) is 24.3 Å². The number of rotatable bonds is 4. The number of aliphatic hydroxyl groups excluding tert-OH is 1. The molecule has 0 aliphatic heterocycles. The number of benzene rings is 1. The van der Waals surface area contributed by atoms with Crippen molar-refractivity contribution in [2.45, 2.75) is 11.6 Å². The Morgan fingerprint density at radius 2 is 2.09 bits per heavy atom. The van der Waals surface area contributed by atoms with Gasteiger partial charge in [-0.1, -0.05) is 60.2 Å². The topological polar surface area (TPSA) is 55.1 Å². The highest BCUT2D eigenvalue weighted by Gasteiger charge is 2.41. The van der Waals surface area contributed by atoms with E-state index >= 15 is 0 Å². The van der Waals surface area contributed by atoms with E-state index in [-0.39, 0.29) is 12.4 Å². The molecule has 1 aliphatic rings. The van der Waals surface area contributed by atoms with Gasteiger partial charge in [0.25, 0.3) is 0 Å². The second-order valence-corrected chi connectivity index (χ2v) is 5.66. The Hall–Kier alpha value is -2.17. The van der Waals surface area contributed by atoms with E-state index in [0.717, 1.165) is 0 Å². The smallest absolute Gasteiger partial charge is 0.173 e. The van der Waals surface area contributed by atoms with Crippen LogP contribution in [0.5, 0.6) is 0 Å². The third-order valence-electron chi connectivity index (χ3n) is 3.75. The lowest BCUT2D eigenvalue weighted by Gasteiger charge is -2.34. The maximum Gasteiger partial charge on any atom is 0.173 e. The zero-order valence-corrected chi connectivity index (χ0v) is 12.5. The molecule has 1 aliphatic carbocycles. The van der Waals surface area contributed by atoms with Gasteiger partial charge in [-0.2, -0.15) is 0 Å². The molecular formula is C17H15ClN2O2. The van der Waals surface area contributed by atoms with Gasteiger partial charge in [0, 0.05) is 18.0 Å². The summed E-state index contributed by atoms with van der Waals surface area (Å²) >= 11 is 6.79. The number of carbonyl (C=O) groups is 1. The fourth-order valence-corrected chi connectivity index (χ4v) is 3.05. The third kappa shape index (κ3) is 2.40. The van der Waals surface area contributed by atoms with E-state index in [0.29, 0.717) is 11.4 Å². The van der Waals surface area contributed by atoms with Crippen LogP contribution < -0.4 is 0 Å². The largest absolute Gasteiger partial charge is 0.388 e. The Balaban J connectivity index is 2.04. The number of imidazole rings is 1. The number of allylic oxidation sites excluding steroid dienone is 4. The van der Waals surface area contributed by atoms with E-state index in [2.05, 4.69) is 4.98 Å². The third-order valence-corrected chi connectivity index (χ3v) is 4.29. The molecule has 2 unspecified atom stereocenters. The van der Waals surface area contributed by atoms with Gasteiger partial charge in [0.05, 0.1) is 5.92 Å². The van der Waals surface area contributed by atoms with Gasteiger partial charge in [0.1, 0.15) is 12.4 Å². The lowest BCUT2D eigenvalue weighted by molar-refractivity contribution is 0.0907. The minimum absolute atomic E-state index is 0.0752. The fraction of sp³-hybridized carbons (Fsp3) is 0.176. The highest BCUT2D eigenvalue weighted by atomic mass is 35.5. The zero-order valence-electron chi connectivity index (χ0n) is 11.8. The number of carbonyl (C=O) groups excluding carboxylic acids is 1. The van der Waals surface area contributed by atoms with E-state index in [4.69, 9.17) is 11.6 Å². The van der Waals surface area contributed by atoms with E-state index in [1.54, 1.807) is 47.3 Å². The summed E-state index contributed by atoms with van der Waals surface area (Å²) in [5, 5.41) is 9.43. The maximum absolute atomic E-state index is 12.8. The van der Waals surface area contributed by atoms with Crippen molar-refractivity contribution < 1.29 is 9.90 Å². The lowest BCUT2D eigenvalue weighted by Crippen LogP contribution is -2.39. The molecule has 0 spiro atoms. The molecule has 22 heavy (non-hydrogen) atoms. The molecule has 0 fully saturated rings. The Labute approximate surface area is 133 Å². The van der Waals surface area contributed by atoms with E-state index in [9.17, 15) is 9.90 Å². The molecular weight excluding hydrogens is 300 g/mol. The molecule has 1 aromatic heterocycles. The van der Waals surface area contributed by atoms with Gasteiger partial charge in [0.15, 0.2) is 10.8 Å². The monoisotopic (exact) mass is 314 g/mol. The summed E-state index contributed by atoms with van der Waals surface area (Å²) in [5.41, 5.74) is 0.600. The number of halogens is 1. The number of hydrogen-bond acceptors (Lipinski definition) is 3. The molecule has 4 nitrogen and oxygen atoms in total. The van der Waals surface area contributed by atoms with Gasteiger partial charge < -0.3 is 9.67 Å². The van der Waals surface area contributed by atoms with Crippen LogP contribution in [-0.4, -0.2) is 20.4 Å². The molecule has 1 heterocycles. The Morgan fingerprint density at radius 1 is 1.32 bits per heavy atom. The van der Waals surface area contributed by atoms with Crippen molar-refractivity contribution in [1.82, 2.24) is 9.55 Å². The molecule has 112 valence electrons. The van der Waals surface area contributed by atoms with Crippen LogP contribution in [0.4, 0.5) is 0 Å². The van der Waals surface area contributed by atoms with Crippen LogP contribution in [0.2, 0.25) is 0 Å². The summed E-state index contributed by atoms with van der Waals surface area (Å²) in [6.45, 7) is -0.245. The molecule has 0 saturated heterocycles. The molecule has 0 radical (unpaired) electrons. The molecule has 0 bridgehead atoms. The standard InChI is InChI=1S/C17H15ClN2O2/c18-17(20-11-10-19-15(20)12-21)9-5-4-8-14(17)16(22)13-6-2-1-3-7-13/h1-11,14,21H,12H2. The summed E-state index contributed by atoms with van der Waals surface area (Å²) in [5.74, 6) is -0.240. The number of Topliss-reactive ketones (excluding diaryl/α,β-unsaturated/α-hetero) is 1. The normalized spacial score (nSPS) is 23.6. The molecule has 1 aromatic carbocycles. The van der Waals surface area contributed by atoms with Gasteiger partial charge in [-0.15, -0.1) is 0 Å². The van der Waals surface area contributed by atoms with Gasteiger partial charge in [-0.05, 0) is 6.08 Å². The van der Waals surface area contributed by atoms with Crippen LogP contribution in [0, 0.1) is 5.92 Å². The van der Waals surface area contributed by atoms with Crippen LogP contribution in [0.1, 0.15) is 16.2 Å². The molecule has 5 heteroatoms. The Kier molecular flexibility index (Phi) is 3.96. The number of hydrogen-bond donors (Lipinski definition) is 1. The van der Waals surface area contributed by atoms with E-state index < -0.39 is 10.9 Å². The minimum Gasteiger partial charge on any atom is -0.388 e. The van der Waals surface area contributed by atoms with Crippen molar-refractivity contribution in [3.8, 4) is 0 Å². The highest BCUT2D eigenvalue weighted by molar-refractivity contribution is 6.26. The van der Waals surface area contributed by atoms with Crippen molar-refractivity contribution >= 4 is 17.4 Å². The molecule has 1 N–H and O–H groups in total. The first-order valence-corrected chi connectivity index (χ1v) is 7.32. The average Bonchev–Trinajstić information content (AvgIpc) is 3.05. The number of ketones is 1. The molecule has 0 saturated carbocycles. The van der Waals surface area contributed by atoms with Crippen LogP contribution in [0.15, 0.2) is 67.0 Å². The van der Waals surface area contributed by atoms with Crippen LogP contribution in [0.25, 0.3) is 0 Å².